The Kier molecular flexibility index (Phi) is 6.67. The van der Waals surface area contributed by atoms with Crippen LogP contribution in [-0.2, 0) is 11.2 Å². The first-order chi connectivity index (χ1) is 15.1. The Hall–Kier alpha value is -3.12. The second-order valence-electron chi connectivity index (χ2n) is 8.08. The van der Waals surface area contributed by atoms with Crippen LogP contribution < -0.4 is 15.4 Å². The van der Waals surface area contributed by atoms with Crippen LogP contribution in [0.25, 0.3) is 11.1 Å². The number of amides is 1. The van der Waals surface area contributed by atoms with E-state index in [0.29, 0.717) is 19.1 Å². The van der Waals surface area contributed by atoms with Gasteiger partial charge in [0.05, 0.1) is 17.7 Å². The van der Waals surface area contributed by atoms with Crippen LogP contribution >= 0.6 is 0 Å². The van der Waals surface area contributed by atoms with E-state index in [1.54, 1.807) is 0 Å². The van der Waals surface area contributed by atoms with E-state index in [0.717, 1.165) is 52.5 Å². The second kappa shape index (κ2) is 9.79. The zero-order valence-electron chi connectivity index (χ0n) is 18.1. The predicted octanol–water partition coefficient (Wildman–Crippen LogP) is 4.66. The Bertz CT molecular complexity index is 1000. The monoisotopic (exact) mass is 419 g/mol. The third-order valence-electron chi connectivity index (χ3n) is 5.63. The van der Waals surface area contributed by atoms with Crippen LogP contribution in [0.1, 0.15) is 36.3 Å². The number of rotatable bonds is 7. The molecule has 0 radical (unpaired) electrons. The number of ether oxygens (including phenoxy) is 1. The maximum atomic E-state index is 12.5. The van der Waals surface area contributed by atoms with Crippen LogP contribution in [0.2, 0.25) is 0 Å². The molecule has 2 aromatic carbocycles. The summed E-state index contributed by atoms with van der Waals surface area (Å²) in [6, 6.07) is 15.8. The highest BCUT2D eigenvalue weighted by atomic mass is 16.5. The van der Waals surface area contributed by atoms with Crippen LogP contribution in [0.5, 0.6) is 5.75 Å². The van der Waals surface area contributed by atoms with Gasteiger partial charge in [0.15, 0.2) is 0 Å². The van der Waals surface area contributed by atoms with Gasteiger partial charge in [-0.2, -0.15) is 0 Å². The largest absolute Gasteiger partial charge is 0.491 e. The van der Waals surface area contributed by atoms with Gasteiger partial charge in [-0.05, 0) is 57.0 Å². The van der Waals surface area contributed by atoms with E-state index in [-0.39, 0.29) is 5.91 Å². The van der Waals surface area contributed by atoms with Crippen molar-refractivity contribution in [1.82, 2.24) is 10.5 Å². The fourth-order valence-corrected chi connectivity index (χ4v) is 4.04. The highest BCUT2D eigenvalue weighted by Gasteiger charge is 2.19. The number of aryl methyl sites for hydroxylation is 2. The molecule has 1 amide bonds. The Morgan fingerprint density at radius 1 is 1.19 bits per heavy atom. The summed E-state index contributed by atoms with van der Waals surface area (Å²) in [5, 5.41) is 10.6. The number of benzene rings is 2. The number of aromatic nitrogens is 1. The molecule has 1 saturated heterocycles. The van der Waals surface area contributed by atoms with Crippen LogP contribution in [0, 0.1) is 13.8 Å². The lowest BCUT2D eigenvalue weighted by molar-refractivity contribution is -0.115. The summed E-state index contributed by atoms with van der Waals surface area (Å²) in [5.74, 6) is 1.43. The summed E-state index contributed by atoms with van der Waals surface area (Å²) < 4.78 is 11.6. The minimum Gasteiger partial charge on any atom is -0.491 e. The van der Waals surface area contributed by atoms with Gasteiger partial charge in [0, 0.05) is 17.3 Å². The van der Waals surface area contributed by atoms with E-state index in [2.05, 4.69) is 15.8 Å². The number of hydrogen-bond donors (Lipinski definition) is 2. The van der Waals surface area contributed by atoms with Gasteiger partial charge >= 0.3 is 0 Å². The van der Waals surface area contributed by atoms with Crippen molar-refractivity contribution in [1.29, 1.82) is 0 Å². The molecule has 31 heavy (non-hydrogen) atoms. The van der Waals surface area contributed by atoms with Gasteiger partial charge in [-0.3, -0.25) is 4.79 Å². The number of anilines is 1. The van der Waals surface area contributed by atoms with Gasteiger partial charge in [0.1, 0.15) is 18.1 Å². The molecule has 0 unspecified atom stereocenters. The van der Waals surface area contributed by atoms with E-state index >= 15 is 0 Å². The van der Waals surface area contributed by atoms with Gasteiger partial charge < -0.3 is 19.9 Å². The predicted molar refractivity (Wildman–Crippen MR) is 121 cm³/mol. The highest BCUT2D eigenvalue weighted by Crippen LogP contribution is 2.37. The normalized spacial score (nSPS) is 16.1. The topological polar surface area (TPSA) is 76.4 Å². The molecule has 4 rings (SSSR count). The first-order valence-electron chi connectivity index (χ1n) is 10.9. The molecule has 0 bridgehead atoms. The van der Waals surface area contributed by atoms with E-state index in [4.69, 9.17) is 9.26 Å². The lowest BCUT2D eigenvalue weighted by atomic mass is 10.0. The highest BCUT2D eigenvalue weighted by molar-refractivity contribution is 5.93. The van der Waals surface area contributed by atoms with E-state index < -0.39 is 0 Å². The molecule has 1 aromatic heterocycles. The Balaban J connectivity index is 1.55. The summed E-state index contributed by atoms with van der Waals surface area (Å²) in [5.41, 5.74) is 4.28. The van der Waals surface area contributed by atoms with E-state index in [1.165, 1.54) is 12.8 Å². The van der Waals surface area contributed by atoms with Gasteiger partial charge in [0.2, 0.25) is 5.91 Å². The fourth-order valence-electron chi connectivity index (χ4n) is 4.04. The Labute approximate surface area is 183 Å². The number of piperidine rings is 1. The third kappa shape index (κ3) is 5.33. The summed E-state index contributed by atoms with van der Waals surface area (Å²) in [6.45, 7) is 5.45. The quantitative estimate of drug-likeness (QED) is 0.582. The van der Waals surface area contributed by atoms with Crippen molar-refractivity contribution < 1.29 is 14.1 Å². The van der Waals surface area contributed by atoms with E-state index in [1.807, 2.05) is 62.4 Å². The molecule has 6 nitrogen and oxygen atoms in total. The molecular formula is C25H29N3O3. The van der Waals surface area contributed by atoms with E-state index in [9.17, 15) is 4.79 Å². The molecular weight excluding hydrogens is 390 g/mol. The molecule has 0 spiro atoms. The summed E-state index contributed by atoms with van der Waals surface area (Å²) in [7, 11) is 0. The molecule has 0 aliphatic carbocycles. The number of carbonyl (C=O) groups is 1. The number of nitrogens with zero attached hydrogens (tertiary/aromatic N) is 1. The molecule has 2 heterocycles. The number of carbonyl (C=O) groups excluding carboxylic acids is 1. The molecule has 1 atom stereocenters. The summed E-state index contributed by atoms with van der Waals surface area (Å²) in [4.78, 5) is 12.5. The van der Waals surface area contributed by atoms with Crippen molar-refractivity contribution in [2.24, 2.45) is 0 Å². The summed E-state index contributed by atoms with van der Waals surface area (Å²) in [6.07, 6.45) is 3.89. The lowest BCUT2D eigenvalue weighted by Gasteiger charge is -2.24. The van der Waals surface area contributed by atoms with Crippen LogP contribution in [0.3, 0.4) is 0 Å². The number of nitrogens with one attached hydrogen (secondary N) is 2. The smallest absolute Gasteiger partial charge is 0.228 e. The zero-order chi connectivity index (χ0) is 21.6. The lowest BCUT2D eigenvalue weighted by Crippen LogP contribution is -2.38. The minimum atomic E-state index is -0.0593. The molecule has 1 aliphatic heterocycles. The van der Waals surface area contributed by atoms with Crippen molar-refractivity contribution in [2.75, 3.05) is 18.5 Å². The molecule has 2 N–H and O–H groups in total. The van der Waals surface area contributed by atoms with Crippen LogP contribution in [0.4, 0.5) is 5.69 Å². The molecule has 162 valence electrons. The van der Waals surface area contributed by atoms with Crippen molar-refractivity contribution in [3.8, 4) is 16.9 Å². The molecule has 6 heteroatoms. The third-order valence-corrected chi connectivity index (χ3v) is 5.63. The average molecular weight is 420 g/mol. The van der Waals surface area contributed by atoms with Gasteiger partial charge in [0.25, 0.3) is 0 Å². The van der Waals surface area contributed by atoms with Gasteiger partial charge in [-0.25, -0.2) is 0 Å². The molecule has 0 saturated carbocycles. The van der Waals surface area contributed by atoms with Crippen LogP contribution in [-0.4, -0.2) is 30.3 Å². The van der Waals surface area contributed by atoms with Crippen molar-refractivity contribution in [3.05, 3.63) is 65.5 Å². The summed E-state index contributed by atoms with van der Waals surface area (Å²) >= 11 is 0. The van der Waals surface area contributed by atoms with Crippen LogP contribution in [0.15, 0.2) is 53.1 Å². The zero-order valence-corrected chi connectivity index (χ0v) is 18.1. The Morgan fingerprint density at radius 3 is 2.74 bits per heavy atom. The Morgan fingerprint density at radius 2 is 2.03 bits per heavy atom. The molecule has 3 aromatic rings. The van der Waals surface area contributed by atoms with Crippen molar-refractivity contribution >= 4 is 11.6 Å². The standard InChI is InChI=1S/C25H29N3O3/c1-17-25(18(2)31-28-17)22-15-20(27-24(29)14-19-8-4-3-5-9-19)11-12-23(22)30-16-21-10-6-7-13-26-21/h3-5,8-9,11-12,15,21,26H,6-7,10,13-14,16H2,1-2H3,(H,27,29)/t21-/m1/s1. The fraction of sp³-hybridized carbons (Fsp3) is 0.360. The maximum Gasteiger partial charge on any atom is 0.228 e. The molecule has 1 fully saturated rings. The SMILES string of the molecule is Cc1noc(C)c1-c1cc(NC(=O)Cc2ccccc2)ccc1OC[C@H]1CCCCN1. The average Bonchev–Trinajstić information content (AvgIpc) is 3.12. The van der Waals surface area contributed by atoms with Crippen molar-refractivity contribution in [2.45, 2.75) is 45.6 Å². The van der Waals surface area contributed by atoms with Gasteiger partial charge in [-0.1, -0.05) is 41.9 Å². The second-order valence-corrected chi connectivity index (χ2v) is 8.08. The number of hydrogen-bond acceptors (Lipinski definition) is 5. The first-order valence-corrected chi connectivity index (χ1v) is 10.9. The maximum absolute atomic E-state index is 12.5. The first kappa shape index (κ1) is 21.1. The minimum absolute atomic E-state index is 0.0593. The van der Waals surface area contributed by atoms with Gasteiger partial charge in [-0.15, -0.1) is 0 Å². The van der Waals surface area contributed by atoms with Crippen molar-refractivity contribution in [3.63, 3.8) is 0 Å². The molecule has 1 aliphatic rings.